The summed E-state index contributed by atoms with van der Waals surface area (Å²) in [6.07, 6.45) is 7.82. The van der Waals surface area contributed by atoms with Crippen LogP contribution >= 0.6 is 0 Å². The fourth-order valence-electron chi connectivity index (χ4n) is 4.05. The van der Waals surface area contributed by atoms with Crippen LogP contribution in [0, 0.1) is 25.7 Å². The molecule has 1 saturated carbocycles. The number of benzene rings is 1. The average Bonchev–Trinajstić information content (AvgIpc) is 2.43. The Balaban J connectivity index is 2.11. The molecule has 2 heteroatoms. The van der Waals surface area contributed by atoms with Gasteiger partial charge in [0.25, 0.3) is 0 Å². The van der Waals surface area contributed by atoms with E-state index in [2.05, 4.69) is 44.4 Å². The second-order valence-corrected chi connectivity index (χ2v) is 6.59. The van der Waals surface area contributed by atoms with Crippen molar-refractivity contribution < 1.29 is 0 Å². The molecule has 2 rings (SSSR count). The van der Waals surface area contributed by atoms with Gasteiger partial charge in [-0.15, -0.1) is 0 Å². The molecule has 0 aliphatic heterocycles. The standard InChI is InChI=1S/C18H30N2/c1-4-16-7-5-6-8-17(16)18(20-19)12-15-10-13(2)9-14(3)11-15/h9-11,16-18,20H,4-8,12,19H2,1-3H3. The Hall–Kier alpha value is -0.860. The van der Waals surface area contributed by atoms with E-state index in [-0.39, 0.29) is 0 Å². The van der Waals surface area contributed by atoms with Crippen molar-refractivity contribution in [2.45, 2.75) is 65.3 Å². The molecule has 0 aromatic heterocycles. The monoisotopic (exact) mass is 274 g/mol. The van der Waals surface area contributed by atoms with E-state index >= 15 is 0 Å². The zero-order chi connectivity index (χ0) is 14.5. The molecular formula is C18H30N2. The number of rotatable bonds is 5. The molecule has 112 valence electrons. The maximum absolute atomic E-state index is 5.89. The number of aryl methyl sites for hydroxylation is 2. The van der Waals surface area contributed by atoms with Gasteiger partial charge in [0.15, 0.2) is 0 Å². The summed E-state index contributed by atoms with van der Waals surface area (Å²) in [4.78, 5) is 0. The van der Waals surface area contributed by atoms with Gasteiger partial charge in [0.2, 0.25) is 0 Å². The third kappa shape index (κ3) is 3.83. The molecule has 20 heavy (non-hydrogen) atoms. The first-order chi connectivity index (χ1) is 9.63. The average molecular weight is 274 g/mol. The summed E-state index contributed by atoms with van der Waals surface area (Å²) >= 11 is 0. The lowest BCUT2D eigenvalue weighted by Gasteiger charge is -2.36. The van der Waals surface area contributed by atoms with E-state index in [0.717, 1.165) is 18.3 Å². The Morgan fingerprint density at radius 3 is 2.40 bits per heavy atom. The summed E-state index contributed by atoms with van der Waals surface area (Å²) in [5, 5.41) is 0. The van der Waals surface area contributed by atoms with Crippen molar-refractivity contribution >= 4 is 0 Å². The predicted molar refractivity (Wildman–Crippen MR) is 86.5 cm³/mol. The summed E-state index contributed by atoms with van der Waals surface area (Å²) in [6, 6.07) is 7.27. The van der Waals surface area contributed by atoms with E-state index in [4.69, 9.17) is 5.84 Å². The first-order valence-electron chi connectivity index (χ1n) is 8.17. The van der Waals surface area contributed by atoms with Crippen LogP contribution in [-0.4, -0.2) is 6.04 Å². The third-order valence-electron chi connectivity index (χ3n) is 4.96. The van der Waals surface area contributed by atoms with Crippen LogP contribution in [-0.2, 0) is 6.42 Å². The number of hydrazine groups is 1. The molecule has 3 unspecified atom stereocenters. The molecule has 0 radical (unpaired) electrons. The lowest BCUT2D eigenvalue weighted by Crippen LogP contribution is -2.46. The molecule has 0 saturated heterocycles. The number of hydrogen-bond acceptors (Lipinski definition) is 2. The highest BCUT2D eigenvalue weighted by Crippen LogP contribution is 2.35. The summed E-state index contributed by atoms with van der Waals surface area (Å²) in [5.74, 6) is 7.47. The van der Waals surface area contributed by atoms with E-state index in [0.29, 0.717) is 6.04 Å². The Kier molecular flexibility index (Phi) is 5.62. The zero-order valence-corrected chi connectivity index (χ0v) is 13.3. The molecule has 1 aliphatic carbocycles. The van der Waals surface area contributed by atoms with Crippen LogP contribution in [0.4, 0.5) is 0 Å². The van der Waals surface area contributed by atoms with Crippen molar-refractivity contribution in [1.82, 2.24) is 5.43 Å². The van der Waals surface area contributed by atoms with Crippen molar-refractivity contribution in [3.63, 3.8) is 0 Å². The van der Waals surface area contributed by atoms with E-state index in [9.17, 15) is 0 Å². The van der Waals surface area contributed by atoms with E-state index in [1.54, 1.807) is 0 Å². The minimum Gasteiger partial charge on any atom is -0.271 e. The maximum atomic E-state index is 5.89. The zero-order valence-electron chi connectivity index (χ0n) is 13.3. The first kappa shape index (κ1) is 15.5. The Morgan fingerprint density at radius 2 is 1.80 bits per heavy atom. The summed E-state index contributed by atoms with van der Waals surface area (Å²) in [6.45, 7) is 6.68. The maximum Gasteiger partial charge on any atom is 0.0281 e. The highest BCUT2D eigenvalue weighted by molar-refractivity contribution is 5.29. The van der Waals surface area contributed by atoms with Gasteiger partial charge in [0.1, 0.15) is 0 Å². The van der Waals surface area contributed by atoms with Crippen molar-refractivity contribution in [3.05, 3.63) is 34.9 Å². The molecule has 1 aliphatic rings. The largest absolute Gasteiger partial charge is 0.271 e. The van der Waals surface area contributed by atoms with Gasteiger partial charge in [0, 0.05) is 6.04 Å². The Bertz CT molecular complexity index is 407. The number of nitrogens with one attached hydrogen (secondary N) is 1. The van der Waals surface area contributed by atoms with Crippen LogP contribution in [0.25, 0.3) is 0 Å². The summed E-state index contributed by atoms with van der Waals surface area (Å²) in [5.41, 5.74) is 7.25. The highest BCUT2D eigenvalue weighted by atomic mass is 15.2. The van der Waals surface area contributed by atoms with Crippen LogP contribution in [0.3, 0.4) is 0 Å². The fraction of sp³-hybridized carbons (Fsp3) is 0.667. The summed E-state index contributed by atoms with van der Waals surface area (Å²) < 4.78 is 0. The number of hydrogen-bond donors (Lipinski definition) is 2. The van der Waals surface area contributed by atoms with Crippen molar-refractivity contribution in [1.29, 1.82) is 0 Å². The highest BCUT2D eigenvalue weighted by Gasteiger charge is 2.30. The second kappa shape index (κ2) is 7.24. The van der Waals surface area contributed by atoms with Gasteiger partial charge < -0.3 is 0 Å². The lowest BCUT2D eigenvalue weighted by atomic mass is 9.73. The van der Waals surface area contributed by atoms with Crippen molar-refractivity contribution in [2.75, 3.05) is 0 Å². The van der Waals surface area contributed by atoms with Gasteiger partial charge in [-0.25, -0.2) is 0 Å². The SMILES string of the molecule is CCC1CCCCC1C(Cc1cc(C)cc(C)c1)NN. The molecule has 2 nitrogen and oxygen atoms in total. The molecular weight excluding hydrogens is 244 g/mol. The molecule has 1 aromatic carbocycles. The van der Waals surface area contributed by atoms with Crippen LogP contribution in [0.1, 0.15) is 55.7 Å². The fourth-order valence-corrected chi connectivity index (χ4v) is 4.05. The van der Waals surface area contributed by atoms with Gasteiger partial charge >= 0.3 is 0 Å². The smallest absolute Gasteiger partial charge is 0.0281 e. The normalized spacial score (nSPS) is 24.6. The Labute approximate surface area is 124 Å². The van der Waals surface area contributed by atoms with Gasteiger partial charge in [-0.3, -0.25) is 11.3 Å². The summed E-state index contributed by atoms with van der Waals surface area (Å²) in [7, 11) is 0. The van der Waals surface area contributed by atoms with Crippen LogP contribution in [0.2, 0.25) is 0 Å². The third-order valence-corrected chi connectivity index (χ3v) is 4.96. The van der Waals surface area contributed by atoms with Crippen LogP contribution in [0.15, 0.2) is 18.2 Å². The molecule has 1 aromatic rings. The van der Waals surface area contributed by atoms with Gasteiger partial charge in [0.05, 0.1) is 0 Å². The molecule has 3 N–H and O–H groups in total. The van der Waals surface area contributed by atoms with Gasteiger partial charge in [-0.1, -0.05) is 61.9 Å². The molecule has 0 spiro atoms. The molecule has 0 heterocycles. The quantitative estimate of drug-likeness (QED) is 0.631. The lowest BCUT2D eigenvalue weighted by molar-refractivity contribution is 0.174. The topological polar surface area (TPSA) is 38.0 Å². The molecule has 0 amide bonds. The van der Waals surface area contributed by atoms with Crippen molar-refractivity contribution in [3.8, 4) is 0 Å². The minimum absolute atomic E-state index is 0.418. The predicted octanol–water partition coefficient (Wildman–Crippen LogP) is 3.89. The van der Waals surface area contributed by atoms with E-state index in [1.165, 1.54) is 48.8 Å². The van der Waals surface area contributed by atoms with Crippen LogP contribution in [0.5, 0.6) is 0 Å². The second-order valence-electron chi connectivity index (χ2n) is 6.59. The van der Waals surface area contributed by atoms with Gasteiger partial charge in [-0.2, -0.15) is 0 Å². The van der Waals surface area contributed by atoms with E-state index in [1.807, 2.05) is 0 Å². The van der Waals surface area contributed by atoms with Crippen LogP contribution < -0.4 is 11.3 Å². The van der Waals surface area contributed by atoms with Gasteiger partial charge in [-0.05, 0) is 44.1 Å². The molecule has 1 fully saturated rings. The number of nitrogens with two attached hydrogens (primary N) is 1. The Morgan fingerprint density at radius 1 is 1.15 bits per heavy atom. The van der Waals surface area contributed by atoms with E-state index < -0.39 is 0 Å². The first-order valence-corrected chi connectivity index (χ1v) is 8.17. The van der Waals surface area contributed by atoms with Crippen molar-refractivity contribution in [2.24, 2.45) is 17.7 Å². The minimum atomic E-state index is 0.418. The molecule has 0 bridgehead atoms. The molecule has 3 atom stereocenters.